The van der Waals surface area contributed by atoms with Crippen molar-refractivity contribution in [1.29, 1.82) is 0 Å². The molecule has 1 N–H and O–H groups in total. The van der Waals surface area contributed by atoms with E-state index >= 15 is 0 Å². The molecular weight excluding hydrogens is 437 g/mol. The van der Waals surface area contributed by atoms with Crippen molar-refractivity contribution in [3.8, 4) is 11.4 Å². The first-order chi connectivity index (χ1) is 15.8. The van der Waals surface area contributed by atoms with Gasteiger partial charge in [-0.15, -0.1) is 0 Å². The second-order valence-corrected chi connectivity index (χ2v) is 7.58. The molecule has 0 spiro atoms. The fourth-order valence-electron chi connectivity index (χ4n) is 3.71. The fraction of sp³-hybridized carbons (Fsp3) is 0.318. The fourth-order valence-corrected chi connectivity index (χ4v) is 3.71. The van der Waals surface area contributed by atoms with E-state index in [1.54, 1.807) is 7.11 Å². The third-order valence-electron chi connectivity index (χ3n) is 5.42. The first-order valence-corrected chi connectivity index (χ1v) is 10.3. The van der Waals surface area contributed by atoms with E-state index in [4.69, 9.17) is 4.74 Å². The van der Waals surface area contributed by atoms with Gasteiger partial charge in [0.2, 0.25) is 5.91 Å². The van der Waals surface area contributed by atoms with E-state index in [0.29, 0.717) is 31.9 Å². The predicted octanol–water partition coefficient (Wildman–Crippen LogP) is 3.06. The van der Waals surface area contributed by atoms with Gasteiger partial charge in [0.15, 0.2) is 0 Å². The minimum atomic E-state index is -4.53. The molecule has 1 fully saturated rings. The summed E-state index contributed by atoms with van der Waals surface area (Å²) >= 11 is 0. The van der Waals surface area contributed by atoms with E-state index in [2.05, 4.69) is 20.3 Å². The van der Waals surface area contributed by atoms with Gasteiger partial charge in [-0.25, -0.2) is 9.67 Å². The molecule has 1 aliphatic rings. The third-order valence-corrected chi connectivity index (χ3v) is 5.42. The molecule has 8 nitrogen and oxygen atoms in total. The lowest BCUT2D eigenvalue weighted by molar-refractivity contribution is -0.137. The lowest BCUT2D eigenvalue weighted by Crippen LogP contribution is -2.48. The molecule has 0 atom stereocenters. The van der Waals surface area contributed by atoms with Crippen LogP contribution in [-0.4, -0.2) is 65.4 Å². The maximum atomic E-state index is 13.2. The van der Waals surface area contributed by atoms with Gasteiger partial charge in [-0.3, -0.25) is 9.69 Å². The normalized spacial score (nSPS) is 14.8. The Hall–Kier alpha value is -3.60. The molecule has 0 unspecified atom stereocenters. The first-order valence-electron chi connectivity index (χ1n) is 10.3. The number of carbonyl (C=O) groups is 1. The first kappa shape index (κ1) is 22.6. The van der Waals surface area contributed by atoms with Crippen molar-refractivity contribution in [3.63, 3.8) is 0 Å². The number of alkyl halides is 3. The summed E-state index contributed by atoms with van der Waals surface area (Å²) in [6, 6.07) is 10.9. The van der Waals surface area contributed by atoms with Crippen LogP contribution in [0.3, 0.4) is 0 Å². The minimum absolute atomic E-state index is 0.0235. The number of carbonyl (C=O) groups excluding carboxylic acids is 1. The summed E-state index contributed by atoms with van der Waals surface area (Å²) in [4.78, 5) is 20.7. The number of methoxy groups -OCH3 is 1. The van der Waals surface area contributed by atoms with Crippen LogP contribution in [0.4, 0.5) is 24.5 Å². The standard InChI is InChI=1S/C22H23F3N6O2/c1-33-18-4-2-3-17(12-18)30-9-7-29(8-10-30)13-21(32)28-19-11-16(22(23,24)25)5-6-20(19)31-15-26-14-27-31/h2-6,11-12,14-15H,7-10,13H2,1H3,(H,28,32). The largest absolute Gasteiger partial charge is 0.497 e. The average Bonchev–Trinajstić information content (AvgIpc) is 3.33. The zero-order valence-electron chi connectivity index (χ0n) is 17.9. The molecule has 2 aromatic carbocycles. The van der Waals surface area contributed by atoms with Crippen molar-refractivity contribution in [2.45, 2.75) is 6.18 Å². The Balaban J connectivity index is 1.41. The molecule has 11 heteroatoms. The highest BCUT2D eigenvalue weighted by Crippen LogP contribution is 2.33. The molecule has 1 aliphatic heterocycles. The third kappa shape index (κ3) is 5.43. The van der Waals surface area contributed by atoms with Crippen molar-refractivity contribution >= 4 is 17.3 Å². The van der Waals surface area contributed by atoms with Gasteiger partial charge >= 0.3 is 6.18 Å². The zero-order valence-corrected chi connectivity index (χ0v) is 17.9. The summed E-state index contributed by atoms with van der Waals surface area (Å²) in [6.45, 7) is 2.79. The lowest BCUT2D eigenvalue weighted by atomic mass is 10.1. The van der Waals surface area contributed by atoms with Gasteiger partial charge < -0.3 is 15.0 Å². The molecule has 4 rings (SSSR count). The second kappa shape index (κ2) is 9.49. The number of hydrogen-bond donors (Lipinski definition) is 1. The summed E-state index contributed by atoms with van der Waals surface area (Å²) in [5.74, 6) is 0.379. The number of ether oxygens (including phenoxy) is 1. The van der Waals surface area contributed by atoms with Gasteiger partial charge in [-0.1, -0.05) is 6.07 Å². The summed E-state index contributed by atoms with van der Waals surface area (Å²) in [6.07, 6.45) is -1.90. The SMILES string of the molecule is COc1cccc(N2CCN(CC(=O)Nc3cc(C(F)(F)F)ccc3-n3cncn3)CC2)c1. The van der Waals surface area contributed by atoms with Crippen molar-refractivity contribution in [2.24, 2.45) is 0 Å². The van der Waals surface area contributed by atoms with Crippen LogP contribution in [0.1, 0.15) is 5.56 Å². The van der Waals surface area contributed by atoms with E-state index in [1.165, 1.54) is 23.4 Å². The van der Waals surface area contributed by atoms with Gasteiger partial charge in [0.25, 0.3) is 0 Å². The number of rotatable bonds is 6. The number of nitrogens with zero attached hydrogens (tertiary/aromatic N) is 5. The maximum absolute atomic E-state index is 13.2. The highest BCUT2D eigenvalue weighted by atomic mass is 19.4. The lowest BCUT2D eigenvalue weighted by Gasteiger charge is -2.35. The highest BCUT2D eigenvalue weighted by molar-refractivity contribution is 5.94. The van der Waals surface area contributed by atoms with E-state index in [9.17, 15) is 18.0 Å². The van der Waals surface area contributed by atoms with E-state index in [0.717, 1.165) is 23.6 Å². The molecule has 174 valence electrons. The molecule has 1 amide bonds. The van der Waals surface area contributed by atoms with Crippen LogP contribution in [0.15, 0.2) is 55.1 Å². The summed E-state index contributed by atoms with van der Waals surface area (Å²) in [5.41, 5.74) is 0.514. The Morgan fingerprint density at radius 3 is 2.58 bits per heavy atom. The number of aromatic nitrogens is 3. The average molecular weight is 460 g/mol. The van der Waals surface area contributed by atoms with Gasteiger partial charge in [0.1, 0.15) is 18.4 Å². The van der Waals surface area contributed by atoms with Gasteiger partial charge in [0.05, 0.1) is 30.6 Å². The zero-order chi connectivity index (χ0) is 23.4. The number of hydrogen-bond acceptors (Lipinski definition) is 6. The number of amides is 1. The number of nitrogens with one attached hydrogen (secondary N) is 1. The van der Waals surface area contributed by atoms with Crippen LogP contribution < -0.4 is 15.0 Å². The summed E-state index contributed by atoms with van der Waals surface area (Å²) < 4.78 is 46.2. The monoisotopic (exact) mass is 460 g/mol. The minimum Gasteiger partial charge on any atom is -0.497 e. The van der Waals surface area contributed by atoms with Crippen LogP contribution in [0.5, 0.6) is 5.75 Å². The smallest absolute Gasteiger partial charge is 0.416 e. The maximum Gasteiger partial charge on any atom is 0.416 e. The van der Waals surface area contributed by atoms with Gasteiger partial charge in [0, 0.05) is 37.9 Å². The molecular formula is C22H23F3N6O2. The predicted molar refractivity (Wildman–Crippen MR) is 117 cm³/mol. The van der Waals surface area contributed by atoms with Crippen molar-refractivity contribution < 1.29 is 22.7 Å². The number of halogens is 3. The number of piperazine rings is 1. The van der Waals surface area contributed by atoms with Gasteiger partial charge in [-0.2, -0.15) is 18.3 Å². The Labute approximate surface area is 188 Å². The molecule has 1 saturated heterocycles. The van der Waals surface area contributed by atoms with Gasteiger partial charge in [-0.05, 0) is 30.3 Å². The highest BCUT2D eigenvalue weighted by Gasteiger charge is 2.31. The molecule has 0 bridgehead atoms. The second-order valence-electron chi connectivity index (χ2n) is 7.58. The molecule has 2 heterocycles. The van der Waals surface area contributed by atoms with E-state index < -0.39 is 17.6 Å². The van der Waals surface area contributed by atoms with Crippen molar-refractivity contribution in [3.05, 3.63) is 60.7 Å². The Kier molecular flexibility index (Phi) is 6.50. The molecule has 0 saturated carbocycles. The van der Waals surface area contributed by atoms with Crippen LogP contribution in [-0.2, 0) is 11.0 Å². The summed E-state index contributed by atoms with van der Waals surface area (Å²) in [7, 11) is 1.62. The molecule has 0 aliphatic carbocycles. The van der Waals surface area contributed by atoms with Crippen LogP contribution in [0.2, 0.25) is 0 Å². The van der Waals surface area contributed by atoms with Crippen LogP contribution in [0, 0.1) is 0 Å². The Morgan fingerprint density at radius 1 is 1.12 bits per heavy atom. The molecule has 0 radical (unpaired) electrons. The molecule has 3 aromatic rings. The molecule has 1 aromatic heterocycles. The number of anilines is 2. The van der Waals surface area contributed by atoms with Crippen molar-refractivity contribution in [1.82, 2.24) is 19.7 Å². The van der Waals surface area contributed by atoms with Crippen LogP contribution >= 0.6 is 0 Å². The van der Waals surface area contributed by atoms with E-state index in [-0.39, 0.29) is 12.2 Å². The van der Waals surface area contributed by atoms with Crippen LogP contribution in [0.25, 0.3) is 5.69 Å². The number of benzene rings is 2. The van der Waals surface area contributed by atoms with Crippen molar-refractivity contribution in [2.75, 3.05) is 50.1 Å². The molecule has 33 heavy (non-hydrogen) atoms. The Bertz CT molecular complexity index is 1100. The van der Waals surface area contributed by atoms with E-state index in [1.807, 2.05) is 29.2 Å². The Morgan fingerprint density at radius 2 is 1.91 bits per heavy atom. The quantitative estimate of drug-likeness (QED) is 0.610. The summed E-state index contributed by atoms with van der Waals surface area (Å²) in [5, 5.41) is 6.58. The topological polar surface area (TPSA) is 75.5 Å².